The second-order valence-corrected chi connectivity index (χ2v) is 10.9. The molecule has 4 rings (SSSR count). The Balaban J connectivity index is 1.55. The van der Waals surface area contributed by atoms with Gasteiger partial charge in [0.25, 0.3) is 5.91 Å². The van der Waals surface area contributed by atoms with E-state index in [4.69, 9.17) is 9.15 Å². The predicted octanol–water partition coefficient (Wildman–Crippen LogP) is 3.32. The molecule has 1 fully saturated rings. The van der Waals surface area contributed by atoms with E-state index >= 15 is 0 Å². The van der Waals surface area contributed by atoms with Gasteiger partial charge >= 0.3 is 5.97 Å². The number of hydrogen-bond donors (Lipinski definition) is 0. The molecule has 0 N–H and O–H groups in total. The van der Waals surface area contributed by atoms with Crippen LogP contribution in [0, 0.1) is 5.92 Å². The molecule has 3 heterocycles. The molecule has 1 amide bonds. The van der Waals surface area contributed by atoms with Crippen molar-refractivity contribution in [3.63, 3.8) is 0 Å². The zero-order valence-corrected chi connectivity index (χ0v) is 19.4. The highest BCUT2D eigenvalue weighted by molar-refractivity contribution is 7.91. The Labute approximate surface area is 192 Å². The third-order valence-corrected chi connectivity index (χ3v) is 7.32. The van der Waals surface area contributed by atoms with Crippen LogP contribution in [0.1, 0.15) is 30.6 Å². The number of carbonyl (C=O) groups excluding carboxylic acids is 2. The van der Waals surface area contributed by atoms with Gasteiger partial charge in [-0.05, 0) is 36.6 Å². The van der Waals surface area contributed by atoms with E-state index in [9.17, 15) is 18.0 Å². The van der Waals surface area contributed by atoms with E-state index in [1.165, 1.54) is 6.26 Å². The highest BCUT2D eigenvalue weighted by atomic mass is 32.2. The summed E-state index contributed by atoms with van der Waals surface area (Å²) in [6.07, 6.45) is 1.92. The first-order valence-electron chi connectivity index (χ1n) is 10.8. The van der Waals surface area contributed by atoms with Crippen LogP contribution in [0.2, 0.25) is 0 Å². The van der Waals surface area contributed by atoms with Gasteiger partial charge in [-0.15, -0.1) is 0 Å². The number of sulfone groups is 1. The maximum Gasteiger partial charge on any atom is 0.339 e. The number of rotatable bonds is 7. The van der Waals surface area contributed by atoms with Gasteiger partial charge in [0.1, 0.15) is 5.69 Å². The van der Waals surface area contributed by atoms with Crippen LogP contribution in [-0.4, -0.2) is 60.9 Å². The summed E-state index contributed by atoms with van der Waals surface area (Å²) in [5.41, 5.74) is 1.36. The fourth-order valence-corrected chi connectivity index (χ4v) is 5.78. The van der Waals surface area contributed by atoms with Crippen molar-refractivity contribution >= 4 is 32.6 Å². The molecule has 3 aromatic rings. The van der Waals surface area contributed by atoms with Crippen molar-refractivity contribution < 1.29 is 27.2 Å². The van der Waals surface area contributed by atoms with Crippen LogP contribution in [0.5, 0.6) is 0 Å². The molecule has 0 saturated carbocycles. The minimum atomic E-state index is -3.15. The summed E-state index contributed by atoms with van der Waals surface area (Å²) in [4.78, 5) is 32.1. The van der Waals surface area contributed by atoms with Crippen LogP contribution in [-0.2, 0) is 19.4 Å². The number of fused-ring (bicyclic) bond motifs is 1. The molecular weight excluding hydrogens is 444 g/mol. The number of furan rings is 1. The lowest BCUT2D eigenvalue weighted by Gasteiger charge is -2.29. The smallest absolute Gasteiger partial charge is 0.339 e. The standard InChI is InChI=1S/C24H26N2O6S/c1-16(2)13-26(17-9-11-33(29,30)15-17)23(27)14-32-24(28)19-12-21(22-8-5-10-31-22)25-20-7-4-3-6-18(19)20/h3-8,10,12,16-17H,9,11,13-15H2,1-2H3. The first-order valence-corrected chi connectivity index (χ1v) is 12.7. The molecule has 0 spiro atoms. The van der Waals surface area contributed by atoms with Gasteiger partial charge < -0.3 is 14.1 Å². The number of esters is 1. The number of hydrogen-bond acceptors (Lipinski definition) is 7. The van der Waals surface area contributed by atoms with Gasteiger partial charge in [0, 0.05) is 18.0 Å². The molecule has 1 aliphatic heterocycles. The number of para-hydroxylation sites is 1. The number of nitrogens with zero attached hydrogens (tertiary/aromatic N) is 2. The van der Waals surface area contributed by atoms with Crippen molar-refractivity contribution in [2.75, 3.05) is 24.7 Å². The maximum atomic E-state index is 13.0. The minimum absolute atomic E-state index is 0.0547. The molecule has 0 bridgehead atoms. The van der Waals surface area contributed by atoms with Gasteiger partial charge in [0.2, 0.25) is 0 Å². The molecule has 1 saturated heterocycles. The van der Waals surface area contributed by atoms with Gasteiger partial charge in [-0.25, -0.2) is 18.2 Å². The zero-order chi connectivity index (χ0) is 23.6. The summed E-state index contributed by atoms with van der Waals surface area (Å²) in [5, 5.41) is 0.603. The van der Waals surface area contributed by atoms with Crippen molar-refractivity contribution in [2.24, 2.45) is 5.92 Å². The predicted molar refractivity (Wildman–Crippen MR) is 123 cm³/mol. The van der Waals surface area contributed by atoms with E-state index in [2.05, 4.69) is 4.98 Å². The van der Waals surface area contributed by atoms with Gasteiger partial charge in [-0.2, -0.15) is 0 Å². The van der Waals surface area contributed by atoms with Crippen LogP contribution in [0.25, 0.3) is 22.4 Å². The summed E-state index contributed by atoms with van der Waals surface area (Å²) in [7, 11) is -3.15. The molecule has 9 heteroatoms. The highest BCUT2D eigenvalue weighted by Gasteiger charge is 2.35. The number of benzene rings is 1. The molecule has 1 atom stereocenters. The van der Waals surface area contributed by atoms with Crippen molar-refractivity contribution in [3.8, 4) is 11.5 Å². The molecule has 1 aliphatic rings. The van der Waals surface area contributed by atoms with Crippen LogP contribution in [0.15, 0.2) is 53.1 Å². The minimum Gasteiger partial charge on any atom is -0.463 e. The zero-order valence-electron chi connectivity index (χ0n) is 18.6. The average Bonchev–Trinajstić information content (AvgIpc) is 3.44. The van der Waals surface area contributed by atoms with E-state index in [-0.39, 0.29) is 23.0 Å². The van der Waals surface area contributed by atoms with Crippen LogP contribution in [0.3, 0.4) is 0 Å². The van der Waals surface area contributed by atoms with E-state index < -0.39 is 34.4 Å². The molecule has 0 aliphatic carbocycles. The maximum absolute atomic E-state index is 13.0. The van der Waals surface area contributed by atoms with Crippen molar-refractivity contribution in [2.45, 2.75) is 26.3 Å². The van der Waals surface area contributed by atoms with Gasteiger partial charge in [-0.1, -0.05) is 32.0 Å². The SMILES string of the molecule is CC(C)CN(C(=O)COC(=O)c1cc(-c2ccco2)nc2ccccc12)C1CCS(=O)(=O)C1. The van der Waals surface area contributed by atoms with E-state index in [1.54, 1.807) is 41.3 Å². The Morgan fingerprint density at radius 1 is 1.21 bits per heavy atom. The summed E-state index contributed by atoms with van der Waals surface area (Å²) >= 11 is 0. The van der Waals surface area contributed by atoms with E-state index in [0.717, 1.165) is 0 Å². The van der Waals surface area contributed by atoms with Crippen molar-refractivity contribution in [3.05, 3.63) is 54.3 Å². The number of carbonyl (C=O) groups is 2. The number of ether oxygens (including phenoxy) is 1. The van der Waals surface area contributed by atoms with Gasteiger partial charge in [-0.3, -0.25) is 4.79 Å². The summed E-state index contributed by atoms with van der Waals surface area (Å²) in [6, 6.07) is 11.8. The van der Waals surface area contributed by atoms with E-state index in [1.807, 2.05) is 19.9 Å². The molecule has 33 heavy (non-hydrogen) atoms. The Hall–Kier alpha value is -3.20. The second kappa shape index (κ2) is 9.35. The van der Waals surface area contributed by atoms with Gasteiger partial charge in [0.15, 0.2) is 22.2 Å². The Morgan fingerprint density at radius 2 is 2.00 bits per heavy atom. The topological polar surface area (TPSA) is 107 Å². The fourth-order valence-electron chi connectivity index (χ4n) is 4.05. The normalized spacial score (nSPS) is 17.4. The molecule has 0 radical (unpaired) electrons. The van der Waals surface area contributed by atoms with Crippen LogP contribution in [0.4, 0.5) is 0 Å². The third kappa shape index (κ3) is 5.24. The summed E-state index contributed by atoms with van der Waals surface area (Å²) in [6.45, 7) is 3.84. The Morgan fingerprint density at radius 3 is 2.67 bits per heavy atom. The molecule has 1 aromatic carbocycles. The largest absolute Gasteiger partial charge is 0.463 e. The summed E-state index contributed by atoms with van der Waals surface area (Å²) < 4.78 is 34.7. The lowest BCUT2D eigenvalue weighted by Crippen LogP contribution is -2.45. The van der Waals surface area contributed by atoms with Crippen LogP contribution >= 0.6 is 0 Å². The lowest BCUT2D eigenvalue weighted by atomic mass is 10.1. The van der Waals surface area contributed by atoms with Crippen molar-refractivity contribution in [1.29, 1.82) is 0 Å². The fraction of sp³-hybridized carbons (Fsp3) is 0.375. The average molecular weight is 471 g/mol. The third-order valence-electron chi connectivity index (χ3n) is 5.57. The number of pyridine rings is 1. The molecular formula is C24H26N2O6S. The van der Waals surface area contributed by atoms with Crippen molar-refractivity contribution in [1.82, 2.24) is 9.88 Å². The first kappa shape index (κ1) is 23.0. The Kier molecular flexibility index (Phi) is 6.51. The quantitative estimate of drug-likeness (QED) is 0.488. The number of amides is 1. The summed E-state index contributed by atoms with van der Waals surface area (Å²) in [5.74, 6) is -0.384. The Bertz CT molecular complexity index is 1270. The molecule has 8 nitrogen and oxygen atoms in total. The monoisotopic (exact) mass is 470 g/mol. The van der Waals surface area contributed by atoms with Gasteiger partial charge in [0.05, 0.1) is 28.8 Å². The molecule has 2 aromatic heterocycles. The molecule has 174 valence electrons. The molecule has 1 unspecified atom stereocenters. The van der Waals surface area contributed by atoms with E-state index in [0.29, 0.717) is 35.3 Å². The first-order chi connectivity index (χ1) is 15.7. The highest BCUT2D eigenvalue weighted by Crippen LogP contribution is 2.26. The lowest BCUT2D eigenvalue weighted by molar-refractivity contribution is -0.137. The second-order valence-electron chi connectivity index (χ2n) is 8.62. The van der Waals surface area contributed by atoms with Crippen LogP contribution < -0.4 is 0 Å². The number of aromatic nitrogens is 1.